The summed E-state index contributed by atoms with van der Waals surface area (Å²) in [5, 5.41) is 0. The van der Waals surface area contributed by atoms with Crippen LogP contribution in [0.15, 0.2) is 36.9 Å². The van der Waals surface area contributed by atoms with E-state index in [9.17, 15) is 8.42 Å². The zero-order chi connectivity index (χ0) is 10.6. The molecule has 0 fully saturated rings. The third-order valence-electron chi connectivity index (χ3n) is 1.68. The van der Waals surface area contributed by atoms with Crippen molar-refractivity contribution < 1.29 is 12.6 Å². The molecule has 0 spiro atoms. The van der Waals surface area contributed by atoms with Gasteiger partial charge < -0.3 is 4.18 Å². The highest BCUT2D eigenvalue weighted by molar-refractivity contribution is 7.86. The van der Waals surface area contributed by atoms with Crippen LogP contribution in [0.3, 0.4) is 0 Å². The molecule has 0 N–H and O–H groups in total. The summed E-state index contributed by atoms with van der Waals surface area (Å²) in [7, 11) is -3.47. The Morgan fingerprint density at radius 2 is 1.93 bits per heavy atom. The van der Waals surface area contributed by atoms with Crippen molar-refractivity contribution in [2.24, 2.45) is 0 Å². The minimum atomic E-state index is -3.47. The Labute approximate surface area is 84.1 Å². The molecular formula is C10H12O3S. The fourth-order valence-corrected chi connectivity index (χ4v) is 1.40. The van der Waals surface area contributed by atoms with Gasteiger partial charge in [0.2, 0.25) is 0 Å². The van der Waals surface area contributed by atoms with Crippen LogP contribution in [0.1, 0.15) is 12.5 Å². The lowest BCUT2D eigenvalue weighted by Gasteiger charge is -2.07. The summed E-state index contributed by atoms with van der Waals surface area (Å²) in [6.45, 7) is 5.08. The van der Waals surface area contributed by atoms with E-state index in [-0.39, 0.29) is 11.5 Å². The zero-order valence-corrected chi connectivity index (χ0v) is 8.75. The van der Waals surface area contributed by atoms with Crippen LogP contribution in [-0.2, 0) is 14.3 Å². The Hall–Kier alpha value is -1.29. The third-order valence-corrected chi connectivity index (χ3v) is 2.84. The monoisotopic (exact) mass is 212 g/mol. The van der Waals surface area contributed by atoms with Gasteiger partial charge in [0.15, 0.2) is 0 Å². The summed E-state index contributed by atoms with van der Waals surface area (Å²) in [6, 6.07) is 8.91. The summed E-state index contributed by atoms with van der Waals surface area (Å²) in [5.74, 6) is 0.103. The van der Waals surface area contributed by atoms with Crippen LogP contribution in [0.2, 0.25) is 0 Å². The fraction of sp³-hybridized carbons (Fsp3) is 0.200. The van der Waals surface area contributed by atoms with Crippen LogP contribution in [-0.4, -0.2) is 14.2 Å². The van der Waals surface area contributed by atoms with Gasteiger partial charge in [0.25, 0.3) is 0 Å². The molecule has 3 nitrogen and oxygen atoms in total. The molecule has 0 aliphatic rings. The van der Waals surface area contributed by atoms with E-state index in [0.29, 0.717) is 5.56 Å². The molecule has 0 aliphatic carbocycles. The van der Waals surface area contributed by atoms with Crippen molar-refractivity contribution in [2.75, 3.05) is 5.75 Å². The molecule has 0 heterocycles. The maximum Gasteiger partial charge on any atom is 0.308 e. The SMILES string of the molecule is C=C(OS(=O)(=O)CC)c1ccccc1. The highest BCUT2D eigenvalue weighted by atomic mass is 32.2. The summed E-state index contributed by atoms with van der Waals surface area (Å²) in [5.41, 5.74) is 0.671. The second-order valence-electron chi connectivity index (χ2n) is 2.72. The van der Waals surface area contributed by atoms with Crippen molar-refractivity contribution in [3.63, 3.8) is 0 Å². The van der Waals surface area contributed by atoms with E-state index >= 15 is 0 Å². The normalized spacial score (nSPS) is 10.9. The van der Waals surface area contributed by atoms with Crippen LogP contribution in [0.5, 0.6) is 0 Å². The standard InChI is InChI=1S/C10H12O3S/c1-3-14(11,12)13-9(2)10-7-5-4-6-8-10/h4-8H,2-3H2,1H3. The van der Waals surface area contributed by atoms with Crippen molar-refractivity contribution in [3.05, 3.63) is 42.5 Å². The van der Waals surface area contributed by atoms with Gasteiger partial charge in [-0.1, -0.05) is 36.9 Å². The molecule has 1 aromatic rings. The molecule has 1 rings (SSSR count). The number of hydrogen-bond acceptors (Lipinski definition) is 3. The van der Waals surface area contributed by atoms with Crippen molar-refractivity contribution in [2.45, 2.75) is 6.92 Å². The Morgan fingerprint density at radius 1 is 1.36 bits per heavy atom. The van der Waals surface area contributed by atoms with Gasteiger partial charge >= 0.3 is 10.1 Å². The van der Waals surface area contributed by atoms with E-state index in [4.69, 9.17) is 4.18 Å². The molecule has 76 valence electrons. The van der Waals surface area contributed by atoms with Gasteiger partial charge in [0.1, 0.15) is 5.76 Å². The first-order valence-corrected chi connectivity index (χ1v) is 5.79. The largest absolute Gasteiger partial charge is 0.382 e. The molecule has 1 aromatic carbocycles. The van der Waals surface area contributed by atoms with Gasteiger partial charge in [-0.2, -0.15) is 8.42 Å². The van der Waals surface area contributed by atoms with Crippen molar-refractivity contribution >= 4 is 15.9 Å². The third kappa shape index (κ3) is 2.88. The second-order valence-corrected chi connectivity index (χ2v) is 4.58. The van der Waals surface area contributed by atoms with Gasteiger partial charge in [-0.25, -0.2) is 0 Å². The summed E-state index contributed by atoms with van der Waals surface area (Å²) >= 11 is 0. The summed E-state index contributed by atoms with van der Waals surface area (Å²) in [6.07, 6.45) is 0. The van der Waals surface area contributed by atoms with Gasteiger partial charge in [-0.05, 0) is 6.92 Å². The Balaban J connectivity index is 2.79. The van der Waals surface area contributed by atoms with Crippen LogP contribution in [0, 0.1) is 0 Å². The smallest absolute Gasteiger partial charge is 0.308 e. The molecule has 0 radical (unpaired) electrons. The minimum absolute atomic E-state index is 0.0567. The lowest BCUT2D eigenvalue weighted by molar-refractivity contribution is 0.466. The Kier molecular flexibility index (Phi) is 3.30. The van der Waals surface area contributed by atoms with Gasteiger partial charge in [-0.15, -0.1) is 0 Å². The second kappa shape index (κ2) is 4.28. The molecule has 0 bridgehead atoms. The first-order chi connectivity index (χ1) is 6.55. The average Bonchev–Trinajstić information content (AvgIpc) is 2.19. The van der Waals surface area contributed by atoms with E-state index in [0.717, 1.165) is 0 Å². The van der Waals surface area contributed by atoms with Crippen molar-refractivity contribution in [1.29, 1.82) is 0 Å². The number of benzene rings is 1. The van der Waals surface area contributed by atoms with Crippen molar-refractivity contribution in [3.8, 4) is 0 Å². The molecule has 4 heteroatoms. The predicted molar refractivity (Wildman–Crippen MR) is 56.0 cm³/mol. The topological polar surface area (TPSA) is 43.4 Å². The Morgan fingerprint density at radius 3 is 2.43 bits per heavy atom. The van der Waals surface area contributed by atoms with E-state index in [1.54, 1.807) is 24.3 Å². The molecule has 0 atom stereocenters. The first-order valence-electron chi connectivity index (χ1n) is 4.21. The highest BCUT2D eigenvalue weighted by Gasteiger charge is 2.10. The summed E-state index contributed by atoms with van der Waals surface area (Å²) < 4.78 is 27.0. The number of rotatable bonds is 4. The lowest BCUT2D eigenvalue weighted by Crippen LogP contribution is -2.06. The molecule has 0 saturated heterocycles. The van der Waals surface area contributed by atoms with Crippen LogP contribution in [0.4, 0.5) is 0 Å². The number of hydrogen-bond donors (Lipinski definition) is 0. The molecule has 0 aliphatic heterocycles. The first kappa shape index (κ1) is 10.8. The van der Waals surface area contributed by atoms with Gasteiger partial charge in [-0.3, -0.25) is 0 Å². The van der Waals surface area contributed by atoms with Gasteiger partial charge in [0.05, 0.1) is 5.75 Å². The molecular weight excluding hydrogens is 200 g/mol. The lowest BCUT2D eigenvalue weighted by atomic mass is 10.2. The molecule has 0 unspecified atom stereocenters. The van der Waals surface area contributed by atoms with Crippen LogP contribution < -0.4 is 0 Å². The Bertz CT molecular complexity index is 406. The summed E-state index contributed by atoms with van der Waals surface area (Å²) in [4.78, 5) is 0. The molecule has 0 saturated carbocycles. The minimum Gasteiger partial charge on any atom is -0.382 e. The van der Waals surface area contributed by atoms with E-state index in [1.807, 2.05) is 6.07 Å². The van der Waals surface area contributed by atoms with E-state index < -0.39 is 10.1 Å². The highest BCUT2D eigenvalue weighted by Crippen LogP contribution is 2.15. The van der Waals surface area contributed by atoms with E-state index in [1.165, 1.54) is 6.92 Å². The zero-order valence-electron chi connectivity index (χ0n) is 7.93. The van der Waals surface area contributed by atoms with Crippen molar-refractivity contribution in [1.82, 2.24) is 0 Å². The van der Waals surface area contributed by atoms with Crippen LogP contribution >= 0.6 is 0 Å². The van der Waals surface area contributed by atoms with E-state index in [2.05, 4.69) is 6.58 Å². The average molecular weight is 212 g/mol. The quantitative estimate of drug-likeness (QED) is 0.566. The van der Waals surface area contributed by atoms with Gasteiger partial charge in [0, 0.05) is 5.56 Å². The maximum atomic E-state index is 11.1. The maximum absolute atomic E-state index is 11.1. The fourth-order valence-electron chi connectivity index (χ4n) is 0.884. The molecule has 14 heavy (non-hydrogen) atoms. The molecule has 0 aromatic heterocycles. The molecule has 0 amide bonds. The predicted octanol–water partition coefficient (Wildman–Crippen LogP) is 2.02. The van der Waals surface area contributed by atoms with Crippen LogP contribution in [0.25, 0.3) is 5.76 Å².